The number of carbonyl (C=O) groups is 1. The van der Waals surface area contributed by atoms with Crippen LogP contribution in [0, 0.1) is 11.7 Å². The van der Waals surface area contributed by atoms with Crippen molar-refractivity contribution in [1.29, 1.82) is 0 Å². The molecule has 2 aliphatic carbocycles. The minimum Gasteiger partial charge on any atom is -0.447 e. The molecule has 7 nitrogen and oxygen atoms in total. The van der Waals surface area contributed by atoms with Crippen LogP contribution >= 0.6 is 0 Å². The maximum absolute atomic E-state index is 14.5. The Morgan fingerprint density at radius 1 is 1.21 bits per heavy atom. The molecule has 0 saturated heterocycles. The highest BCUT2D eigenvalue weighted by molar-refractivity contribution is 7.89. The van der Waals surface area contributed by atoms with Crippen molar-refractivity contribution in [3.8, 4) is 0 Å². The van der Waals surface area contributed by atoms with Gasteiger partial charge in [-0.15, -0.1) is 0 Å². The first-order valence-electron chi connectivity index (χ1n) is 11.4. The van der Waals surface area contributed by atoms with Gasteiger partial charge < -0.3 is 14.8 Å². The van der Waals surface area contributed by atoms with Crippen LogP contribution in [0.2, 0.25) is 0 Å². The molecule has 180 valence electrons. The lowest BCUT2D eigenvalue weighted by molar-refractivity contribution is -0.0115. The molecule has 0 aliphatic heterocycles. The van der Waals surface area contributed by atoms with Crippen molar-refractivity contribution in [3.05, 3.63) is 46.5 Å². The van der Waals surface area contributed by atoms with Crippen molar-refractivity contribution in [2.75, 3.05) is 5.32 Å². The summed E-state index contributed by atoms with van der Waals surface area (Å²) in [6.07, 6.45) is 2.43. The number of hydrogen-bond donors (Lipinski definition) is 3. The average molecular weight is 479 g/mol. The third-order valence-electron chi connectivity index (χ3n) is 7.04. The molecular weight excluding hydrogens is 447 g/mol. The number of fused-ring (bicyclic) bond motifs is 4. The van der Waals surface area contributed by atoms with Crippen molar-refractivity contribution in [2.45, 2.75) is 82.3 Å². The summed E-state index contributed by atoms with van der Waals surface area (Å²) in [4.78, 5) is 12.7. The van der Waals surface area contributed by atoms with Crippen LogP contribution < -0.4 is 10.0 Å². The van der Waals surface area contributed by atoms with Crippen molar-refractivity contribution in [3.63, 3.8) is 0 Å². The van der Waals surface area contributed by atoms with Gasteiger partial charge in [-0.3, -0.25) is 0 Å². The number of urea groups is 1. The van der Waals surface area contributed by atoms with E-state index < -0.39 is 32.6 Å². The van der Waals surface area contributed by atoms with Crippen LogP contribution in [0.5, 0.6) is 0 Å². The Morgan fingerprint density at radius 3 is 2.55 bits per heavy atom. The van der Waals surface area contributed by atoms with Gasteiger partial charge >= 0.3 is 6.03 Å². The molecule has 2 bridgehead atoms. The standard InChI is InChI=1S/C24H31FN2O5S/c1-12(2)16-8-9-18(25)20(13(3)4)21(16)26-23(28)27-33(30,31)19-11-17-22(32-19)14-6-7-15(10-14)24(17,5)29/h8-9,11-15,29H,6-7,10H2,1-5H3,(H2,26,27,28). The highest BCUT2D eigenvalue weighted by Crippen LogP contribution is 2.55. The van der Waals surface area contributed by atoms with E-state index in [2.05, 4.69) is 5.32 Å². The zero-order valence-corrected chi connectivity index (χ0v) is 20.3. The molecule has 1 saturated carbocycles. The summed E-state index contributed by atoms with van der Waals surface area (Å²) < 4.78 is 48.1. The van der Waals surface area contributed by atoms with Gasteiger partial charge in [-0.1, -0.05) is 33.8 Å². The molecule has 3 atom stereocenters. The van der Waals surface area contributed by atoms with E-state index in [4.69, 9.17) is 4.42 Å². The summed E-state index contributed by atoms with van der Waals surface area (Å²) in [5.74, 6) is -0.129. The largest absolute Gasteiger partial charge is 0.447 e. The number of benzene rings is 1. The molecule has 3 unspecified atom stereocenters. The second-order valence-corrected chi connectivity index (χ2v) is 11.6. The summed E-state index contributed by atoms with van der Waals surface area (Å²) in [6, 6.07) is 3.26. The molecule has 9 heteroatoms. The van der Waals surface area contributed by atoms with E-state index in [0.29, 0.717) is 22.5 Å². The fraction of sp³-hybridized carbons (Fsp3) is 0.542. The van der Waals surface area contributed by atoms with E-state index in [1.807, 2.05) is 18.6 Å². The van der Waals surface area contributed by atoms with E-state index in [9.17, 15) is 22.7 Å². The van der Waals surface area contributed by atoms with Crippen LogP contribution in [0.15, 0.2) is 27.7 Å². The van der Waals surface area contributed by atoms with E-state index in [0.717, 1.165) is 19.3 Å². The van der Waals surface area contributed by atoms with Gasteiger partial charge in [-0.2, -0.15) is 8.42 Å². The summed E-state index contributed by atoms with van der Waals surface area (Å²) >= 11 is 0. The molecule has 0 radical (unpaired) electrons. The van der Waals surface area contributed by atoms with Crippen molar-refractivity contribution in [2.24, 2.45) is 5.92 Å². The Hall–Kier alpha value is -2.39. The Kier molecular flexibility index (Phi) is 5.85. The molecule has 4 rings (SSSR count). The van der Waals surface area contributed by atoms with Gasteiger partial charge in [-0.25, -0.2) is 13.9 Å². The molecule has 2 aliphatic rings. The Balaban J connectivity index is 1.62. The van der Waals surface area contributed by atoms with Crippen LogP contribution in [0.1, 0.15) is 94.1 Å². The van der Waals surface area contributed by atoms with Crippen LogP contribution in [0.3, 0.4) is 0 Å². The first-order valence-corrected chi connectivity index (χ1v) is 12.8. The molecule has 33 heavy (non-hydrogen) atoms. The molecule has 2 amide bonds. The SMILES string of the molecule is CC(C)c1ccc(F)c(C(C)C)c1NC(=O)NS(=O)(=O)c1cc2c(o1)C1CCC(C1)C2(C)O. The van der Waals surface area contributed by atoms with Gasteiger partial charge in [0.15, 0.2) is 0 Å². The third kappa shape index (κ3) is 4.05. The van der Waals surface area contributed by atoms with E-state index >= 15 is 0 Å². The second-order valence-electron chi connectivity index (χ2n) is 9.99. The lowest BCUT2D eigenvalue weighted by Gasteiger charge is -2.33. The number of amides is 2. The number of sulfonamides is 1. The first kappa shape index (κ1) is 23.8. The van der Waals surface area contributed by atoms with Crippen molar-refractivity contribution < 1.29 is 27.1 Å². The number of carbonyl (C=O) groups excluding carboxylic acids is 1. The average Bonchev–Trinajstić information content (AvgIpc) is 3.33. The fourth-order valence-corrected chi connectivity index (χ4v) is 6.14. The highest BCUT2D eigenvalue weighted by atomic mass is 32.2. The lowest BCUT2D eigenvalue weighted by Crippen LogP contribution is -2.35. The minimum absolute atomic E-state index is 0.0236. The number of hydrogen-bond acceptors (Lipinski definition) is 5. The number of nitrogens with one attached hydrogen (secondary N) is 2. The monoisotopic (exact) mass is 478 g/mol. The molecule has 1 aromatic heterocycles. The van der Waals surface area contributed by atoms with E-state index in [1.165, 1.54) is 12.1 Å². The third-order valence-corrected chi connectivity index (χ3v) is 8.22. The van der Waals surface area contributed by atoms with E-state index in [-0.39, 0.29) is 29.4 Å². The summed E-state index contributed by atoms with van der Waals surface area (Å²) in [7, 11) is -4.35. The normalized spacial score (nSPS) is 24.3. The number of rotatable bonds is 5. The van der Waals surface area contributed by atoms with Crippen LogP contribution in [-0.4, -0.2) is 19.6 Å². The molecule has 1 fully saturated rings. The summed E-state index contributed by atoms with van der Waals surface area (Å²) in [5, 5.41) is 13.1. The number of halogens is 1. The van der Waals surface area contributed by atoms with Gasteiger partial charge in [0.25, 0.3) is 10.0 Å². The fourth-order valence-electron chi connectivity index (χ4n) is 5.27. The zero-order chi connectivity index (χ0) is 24.3. The van der Waals surface area contributed by atoms with Crippen molar-refractivity contribution >= 4 is 21.7 Å². The number of anilines is 1. The van der Waals surface area contributed by atoms with Gasteiger partial charge in [0.2, 0.25) is 5.09 Å². The highest BCUT2D eigenvalue weighted by Gasteiger charge is 2.49. The number of aliphatic hydroxyl groups is 1. The Morgan fingerprint density at radius 2 is 1.91 bits per heavy atom. The van der Waals surface area contributed by atoms with E-state index in [1.54, 1.807) is 26.8 Å². The predicted octanol–water partition coefficient (Wildman–Crippen LogP) is 5.28. The maximum Gasteiger partial charge on any atom is 0.333 e. The lowest BCUT2D eigenvalue weighted by atomic mass is 9.76. The molecule has 3 N–H and O–H groups in total. The Bertz CT molecular complexity index is 1200. The zero-order valence-electron chi connectivity index (χ0n) is 19.5. The molecule has 2 aromatic rings. The maximum atomic E-state index is 14.5. The molecule has 0 spiro atoms. The Labute approximate surface area is 193 Å². The summed E-state index contributed by atoms with van der Waals surface area (Å²) in [6.45, 7) is 9.09. The smallest absolute Gasteiger partial charge is 0.333 e. The van der Waals surface area contributed by atoms with Gasteiger partial charge in [0.05, 0.1) is 11.3 Å². The quantitative estimate of drug-likeness (QED) is 0.542. The molecule has 1 heterocycles. The van der Waals surface area contributed by atoms with Crippen LogP contribution in [0.25, 0.3) is 0 Å². The predicted molar refractivity (Wildman–Crippen MR) is 122 cm³/mol. The number of furan rings is 1. The topological polar surface area (TPSA) is 109 Å². The van der Waals surface area contributed by atoms with Gasteiger partial charge in [0, 0.05) is 23.1 Å². The minimum atomic E-state index is -4.35. The van der Waals surface area contributed by atoms with Crippen molar-refractivity contribution in [1.82, 2.24) is 4.72 Å². The molecule has 1 aromatic carbocycles. The van der Waals surface area contributed by atoms with Crippen LogP contribution in [0.4, 0.5) is 14.9 Å². The summed E-state index contributed by atoms with van der Waals surface area (Å²) in [5.41, 5.74) is 0.576. The van der Waals surface area contributed by atoms with Crippen LogP contribution in [-0.2, 0) is 15.6 Å². The second kappa shape index (κ2) is 8.13. The van der Waals surface area contributed by atoms with Gasteiger partial charge in [0.1, 0.15) is 11.6 Å². The molecular formula is C24H31FN2O5S. The first-order chi connectivity index (χ1) is 15.3. The van der Waals surface area contributed by atoms with Gasteiger partial charge in [-0.05, 0) is 55.6 Å².